The molecule has 0 radical (unpaired) electrons. The summed E-state index contributed by atoms with van der Waals surface area (Å²) in [6, 6.07) is 0. The average Bonchev–Trinajstić information content (AvgIpc) is 2.12. The van der Waals surface area contributed by atoms with E-state index < -0.39 is 10.3 Å². The lowest BCUT2D eigenvalue weighted by Crippen LogP contribution is -2.31. The highest BCUT2D eigenvalue weighted by molar-refractivity contribution is 9.10. The van der Waals surface area contributed by atoms with Gasteiger partial charge in [0.1, 0.15) is 4.32 Å². The molecule has 0 aromatic heterocycles. The Kier molecular flexibility index (Phi) is 3.05. The fourth-order valence-corrected chi connectivity index (χ4v) is 2.33. The third kappa shape index (κ3) is 2.70. The number of alkyl halides is 1. The molecule has 0 aromatic rings. The van der Waals surface area contributed by atoms with Crippen LogP contribution in [-0.2, 0) is 4.79 Å². The molecule has 1 rings (SSSR count). The van der Waals surface area contributed by atoms with Crippen molar-refractivity contribution in [3.63, 3.8) is 0 Å². The SMILES string of the molecule is CC1(C)CCCC(Br)(C(=O)O)CC1. The second-order valence-electron chi connectivity index (χ2n) is 4.79. The zero-order valence-electron chi connectivity index (χ0n) is 8.27. The largest absolute Gasteiger partial charge is 0.480 e. The normalized spacial score (nSPS) is 33.8. The first kappa shape index (κ1) is 11.0. The van der Waals surface area contributed by atoms with E-state index in [2.05, 4.69) is 29.8 Å². The molecule has 0 heterocycles. The van der Waals surface area contributed by atoms with Crippen LogP contribution in [0.25, 0.3) is 0 Å². The molecule has 1 fully saturated rings. The lowest BCUT2D eigenvalue weighted by molar-refractivity contribution is -0.140. The molecule has 3 heteroatoms. The van der Waals surface area contributed by atoms with Gasteiger partial charge >= 0.3 is 5.97 Å². The Bertz CT molecular complexity index is 213. The van der Waals surface area contributed by atoms with E-state index in [1.807, 2.05) is 0 Å². The van der Waals surface area contributed by atoms with Crippen molar-refractivity contribution in [2.45, 2.75) is 50.3 Å². The van der Waals surface area contributed by atoms with Crippen molar-refractivity contribution in [2.75, 3.05) is 0 Å². The molecule has 2 nitrogen and oxygen atoms in total. The summed E-state index contributed by atoms with van der Waals surface area (Å²) in [5, 5.41) is 9.05. The van der Waals surface area contributed by atoms with Crippen LogP contribution in [0.15, 0.2) is 0 Å². The highest BCUT2D eigenvalue weighted by Crippen LogP contribution is 2.42. The first-order valence-electron chi connectivity index (χ1n) is 4.78. The van der Waals surface area contributed by atoms with E-state index in [-0.39, 0.29) is 0 Å². The number of halogens is 1. The standard InChI is InChI=1S/C10H17BrO2/c1-9(2)4-3-5-10(11,7-6-9)8(12)13/h3-7H2,1-2H3,(H,12,13). The molecule has 76 valence electrons. The third-order valence-corrected chi connectivity index (χ3v) is 4.14. The van der Waals surface area contributed by atoms with Gasteiger partial charge in [0.05, 0.1) is 0 Å². The zero-order chi connectivity index (χ0) is 10.1. The molecule has 0 aromatic carbocycles. The molecule has 1 N–H and O–H groups in total. The zero-order valence-corrected chi connectivity index (χ0v) is 9.85. The minimum Gasteiger partial charge on any atom is -0.480 e. The fourth-order valence-electron chi connectivity index (χ4n) is 1.85. The van der Waals surface area contributed by atoms with Crippen molar-refractivity contribution < 1.29 is 9.90 Å². The summed E-state index contributed by atoms with van der Waals surface area (Å²) in [7, 11) is 0. The van der Waals surface area contributed by atoms with E-state index in [1.165, 1.54) is 0 Å². The van der Waals surface area contributed by atoms with Gasteiger partial charge in [-0.3, -0.25) is 4.79 Å². The molecule has 0 amide bonds. The van der Waals surface area contributed by atoms with Gasteiger partial charge in [0.2, 0.25) is 0 Å². The number of aliphatic carboxylic acids is 1. The average molecular weight is 249 g/mol. The Hall–Kier alpha value is -0.0500. The Morgan fingerprint density at radius 3 is 2.38 bits per heavy atom. The number of carboxylic acid groups (broad SMARTS) is 1. The van der Waals surface area contributed by atoms with Crippen molar-refractivity contribution in [1.29, 1.82) is 0 Å². The van der Waals surface area contributed by atoms with E-state index in [0.29, 0.717) is 5.41 Å². The van der Waals surface area contributed by atoms with Gasteiger partial charge in [0.15, 0.2) is 0 Å². The molecular formula is C10H17BrO2. The predicted octanol–water partition coefficient (Wildman–Crippen LogP) is 3.20. The van der Waals surface area contributed by atoms with E-state index in [4.69, 9.17) is 5.11 Å². The van der Waals surface area contributed by atoms with Crippen LogP contribution < -0.4 is 0 Å². The Morgan fingerprint density at radius 2 is 1.85 bits per heavy atom. The monoisotopic (exact) mass is 248 g/mol. The molecule has 0 bridgehead atoms. The third-order valence-electron chi connectivity index (χ3n) is 3.01. The van der Waals surface area contributed by atoms with E-state index >= 15 is 0 Å². The Balaban J connectivity index is 2.69. The summed E-state index contributed by atoms with van der Waals surface area (Å²) in [4.78, 5) is 11.0. The fraction of sp³-hybridized carbons (Fsp3) is 0.900. The summed E-state index contributed by atoms with van der Waals surface area (Å²) >= 11 is 3.36. The molecule has 1 unspecified atom stereocenters. The molecule has 0 spiro atoms. The second-order valence-corrected chi connectivity index (χ2v) is 6.31. The van der Waals surface area contributed by atoms with Crippen LogP contribution in [0.2, 0.25) is 0 Å². The quantitative estimate of drug-likeness (QED) is 0.572. The van der Waals surface area contributed by atoms with Crippen LogP contribution in [0.1, 0.15) is 46.0 Å². The molecule has 1 aliphatic carbocycles. The van der Waals surface area contributed by atoms with Crippen LogP contribution in [0.4, 0.5) is 0 Å². The highest BCUT2D eigenvalue weighted by atomic mass is 79.9. The maximum atomic E-state index is 11.0. The number of hydrogen-bond donors (Lipinski definition) is 1. The summed E-state index contributed by atoms with van der Waals surface area (Å²) in [5.41, 5.74) is 0.310. The van der Waals surface area contributed by atoms with E-state index in [0.717, 1.165) is 32.1 Å². The number of hydrogen-bond acceptors (Lipinski definition) is 1. The Labute approximate surface area is 87.8 Å². The van der Waals surface area contributed by atoms with E-state index in [9.17, 15) is 4.79 Å². The lowest BCUT2D eigenvalue weighted by Gasteiger charge is -2.23. The molecule has 0 aliphatic heterocycles. The molecule has 13 heavy (non-hydrogen) atoms. The maximum Gasteiger partial charge on any atom is 0.320 e. The second kappa shape index (κ2) is 3.60. The van der Waals surface area contributed by atoms with Gasteiger partial charge < -0.3 is 5.11 Å². The molecular weight excluding hydrogens is 232 g/mol. The topological polar surface area (TPSA) is 37.3 Å². The van der Waals surface area contributed by atoms with Crippen LogP contribution in [0.5, 0.6) is 0 Å². The van der Waals surface area contributed by atoms with Gasteiger partial charge in [-0.15, -0.1) is 0 Å². The van der Waals surface area contributed by atoms with Crippen molar-refractivity contribution in [1.82, 2.24) is 0 Å². The first-order valence-corrected chi connectivity index (χ1v) is 5.57. The summed E-state index contributed by atoms with van der Waals surface area (Å²) < 4.78 is -0.652. The van der Waals surface area contributed by atoms with Gasteiger partial charge in [-0.25, -0.2) is 0 Å². The van der Waals surface area contributed by atoms with Crippen molar-refractivity contribution in [3.05, 3.63) is 0 Å². The van der Waals surface area contributed by atoms with Crippen LogP contribution in [0, 0.1) is 5.41 Å². The van der Waals surface area contributed by atoms with Gasteiger partial charge in [-0.1, -0.05) is 36.2 Å². The van der Waals surface area contributed by atoms with Crippen LogP contribution in [-0.4, -0.2) is 15.4 Å². The summed E-state index contributed by atoms with van der Waals surface area (Å²) in [5.74, 6) is -0.704. The number of carbonyl (C=O) groups is 1. The van der Waals surface area contributed by atoms with E-state index in [1.54, 1.807) is 0 Å². The smallest absolute Gasteiger partial charge is 0.320 e. The van der Waals surface area contributed by atoms with Crippen molar-refractivity contribution in [3.8, 4) is 0 Å². The maximum absolute atomic E-state index is 11.0. The van der Waals surface area contributed by atoms with Crippen molar-refractivity contribution >= 4 is 21.9 Å². The highest BCUT2D eigenvalue weighted by Gasteiger charge is 2.39. The summed E-state index contributed by atoms with van der Waals surface area (Å²) in [6.07, 6.45) is 4.63. The Morgan fingerprint density at radius 1 is 1.23 bits per heavy atom. The summed E-state index contributed by atoms with van der Waals surface area (Å²) in [6.45, 7) is 4.43. The molecule has 1 aliphatic rings. The minimum absolute atomic E-state index is 0.310. The number of rotatable bonds is 1. The molecule has 1 atom stereocenters. The molecule has 0 saturated heterocycles. The van der Waals surface area contributed by atoms with Crippen LogP contribution in [0.3, 0.4) is 0 Å². The number of carboxylic acids is 1. The van der Waals surface area contributed by atoms with Gasteiger partial charge in [-0.2, -0.15) is 0 Å². The van der Waals surface area contributed by atoms with Gasteiger partial charge in [0, 0.05) is 0 Å². The lowest BCUT2D eigenvalue weighted by atomic mass is 9.85. The minimum atomic E-state index is -0.704. The van der Waals surface area contributed by atoms with Crippen LogP contribution >= 0.6 is 15.9 Å². The van der Waals surface area contributed by atoms with Gasteiger partial charge in [-0.05, 0) is 31.1 Å². The first-order chi connectivity index (χ1) is 5.86. The molecule has 1 saturated carbocycles. The van der Waals surface area contributed by atoms with Crippen molar-refractivity contribution in [2.24, 2.45) is 5.41 Å². The predicted molar refractivity (Wildman–Crippen MR) is 56.2 cm³/mol. The van der Waals surface area contributed by atoms with Gasteiger partial charge in [0.25, 0.3) is 0 Å².